The van der Waals surface area contributed by atoms with E-state index in [0.29, 0.717) is 12.3 Å². The first-order valence-electron chi connectivity index (χ1n) is 6.01. The minimum atomic E-state index is -0.805. The second kappa shape index (κ2) is 4.49. The third kappa shape index (κ3) is 2.34. The first kappa shape index (κ1) is 12.1. The molecule has 1 aromatic rings. The van der Waals surface area contributed by atoms with Crippen molar-refractivity contribution in [3.8, 4) is 0 Å². The molecular weight excluding hydrogens is 218 g/mol. The molecule has 2 rings (SSSR count). The fourth-order valence-corrected chi connectivity index (χ4v) is 2.42. The average Bonchev–Trinajstić information content (AvgIpc) is 2.60. The van der Waals surface area contributed by atoms with E-state index in [-0.39, 0.29) is 6.04 Å². The number of aliphatic carboxylic acids is 1. The molecule has 17 heavy (non-hydrogen) atoms. The zero-order chi connectivity index (χ0) is 12.6. The molecule has 5 heteroatoms. The van der Waals surface area contributed by atoms with Crippen molar-refractivity contribution in [2.45, 2.75) is 45.8 Å². The maximum Gasteiger partial charge on any atom is 0.321 e. The van der Waals surface area contributed by atoms with Crippen molar-refractivity contribution in [1.82, 2.24) is 14.9 Å². The summed E-state index contributed by atoms with van der Waals surface area (Å²) in [6.07, 6.45) is 2.30. The van der Waals surface area contributed by atoms with Gasteiger partial charge in [0.1, 0.15) is 6.04 Å². The highest BCUT2D eigenvalue weighted by molar-refractivity contribution is 5.74. The van der Waals surface area contributed by atoms with Crippen LogP contribution in [0.15, 0.2) is 6.33 Å². The summed E-state index contributed by atoms with van der Waals surface area (Å²) in [6, 6.07) is -0.471. The molecule has 2 unspecified atom stereocenters. The Bertz CT molecular complexity index is 425. The molecule has 0 saturated heterocycles. The van der Waals surface area contributed by atoms with Crippen molar-refractivity contribution >= 4 is 5.97 Å². The molecule has 0 aliphatic carbocycles. The molecule has 0 aromatic carbocycles. The number of rotatable bonds is 3. The van der Waals surface area contributed by atoms with E-state index in [0.717, 1.165) is 17.9 Å². The van der Waals surface area contributed by atoms with Crippen molar-refractivity contribution in [2.75, 3.05) is 0 Å². The van der Waals surface area contributed by atoms with E-state index in [2.05, 4.69) is 28.7 Å². The van der Waals surface area contributed by atoms with E-state index < -0.39 is 12.0 Å². The number of fused-ring (bicyclic) bond motifs is 1. The van der Waals surface area contributed by atoms with Crippen LogP contribution in [0.25, 0.3) is 0 Å². The number of carboxylic acids is 1. The molecule has 0 radical (unpaired) electrons. The van der Waals surface area contributed by atoms with Gasteiger partial charge in [0.2, 0.25) is 0 Å². The number of hydrogen-bond donors (Lipinski definition) is 2. The Morgan fingerprint density at radius 3 is 3.00 bits per heavy atom. The monoisotopic (exact) mass is 237 g/mol. The Kier molecular flexibility index (Phi) is 3.19. The fraction of sp³-hybridized carbons (Fsp3) is 0.667. The topological polar surface area (TPSA) is 67.2 Å². The van der Waals surface area contributed by atoms with Crippen LogP contribution in [0.2, 0.25) is 0 Å². The van der Waals surface area contributed by atoms with Gasteiger partial charge in [-0.05, 0) is 12.8 Å². The lowest BCUT2D eigenvalue weighted by Gasteiger charge is -2.27. The molecule has 2 atom stereocenters. The van der Waals surface area contributed by atoms with E-state index in [9.17, 15) is 4.79 Å². The summed E-state index contributed by atoms with van der Waals surface area (Å²) < 4.78 is 2.13. The van der Waals surface area contributed by atoms with Gasteiger partial charge < -0.3 is 9.67 Å². The lowest BCUT2D eigenvalue weighted by molar-refractivity contribution is -0.139. The van der Waals surface area contributed by atoms with Gasteiger partial charge in [0.15, 0.2) is 0 Å². The SMILES string of the molecule is CC(C)Cn1cnc2c1C(C)NC(C(=O)O)C2. The maximum atomic E-state index is 11.0. The number of carbonyl (C=O) groups is 1. The van der Waals surface area contributed by atoms with Crippen LogP contribution in [0, 0.1) is 5.92 Å². The summed E-state index contributed by atoms with van der Waals surface area (Å²) in [6.45, 7) is 7.24. The van der Waals surface area contributed by atoms with Crippen LogP contribution in [0.5, 0.6) is 0 Å². The molecule has 0 amide bonds. The normalized spacial score (nSPS) is 23.8. The van der Waals surface area contributed by atoms with Crippen molar-refractivity contribution in [3.05, 3.63) is 17.7 Å². The van der Waals surface area contributed by atoms with E-state index in [4.69, 9.17) is 5.11 Å². The molecule has 0 bridgehead atoms. The Morgan fingerprint density at radius 2 is 2.41 bits per heavy atom. The van der Waals surface area contributed by atoms with Gasteiger partial charge in [-0.2, -0.15) is 0 Å². The summed E-state index contributed by atoms with van der Waals surface area (Å²) in [5, 5.41) is 12.1. The molecule has 94 valence electrons. The smallest absolute Gasteiger partial charge is 0.321 e. The molecule has 1 aliphatic rings. The van der Waals surface area contributed by atoms with Crippen LogP contribution in [-0.2, 0) is 17.8 Å². The summed E-state index contributed by atoms with van der Waals surface area (Å²) in [7, 11) is 0. The molecule has 5 nitrogen and oxygen atoms in total. The molecule has 0 saturated carbocycles. The Morgan fingerprint density at radius 1 is 1.71 bits per heavy atom. The minimum Gasteiger partial charge on any atom is -0.480 e. The summed E-state index contributed by atoms with van der Waals surface area (Å²) in [5.74, 6) is -0.251. The third-order valence-electron chi connectivity index (χ3n) is 3.08. The van der Waals surface area contributed by atoms with Gasteiger partial charge in [-0.3, -0.25) is 10.1 Å². The van der Waals surface area contributed by atoms with Gasteiger partial charge in [-0.1, -0.05) is 13.8 Å². The van der Waals surface area contributed by atoms with Gasteiger partial charge in [0.05, 0.1) is 17.7 Å². The van der Waals surface area contributed by atoms with E-state index in [1.165, 1.54) is 0 Å². The van der Waals surface area contributed by atoms with Crippen LogP contribution in [-0.4, -0.2) is 26.7 Å². The average molecular weight is 237 g/mol. The number of hydrogen-bond acceptors (Lipinski definition) is 3. The molecule has 0 fully saturated rings. The lowest BCUT2D eigenvalue weighted by Crippen LogP contribution is -2.44. The lowest BCUT2D eigenvalue weighted by atomic mass is 10.00. The Labute approximate surface area is 101 Å². The minimum absolute atomic E-state index is 0.0427. The molecule has 2 heterocycles. The highest BCUT2D eigenvalue weighted by Gasteiger charge is 2.31. The van der Waals surface area contributed by atoms with Crippen LogP contribution < -0.4 is 5.32 Å². The van der Waals surface area contributed by atoms with Crippen LogP contribution in [0.3, 0.4) is 0 Å². The molecule has 1 aliphatic heterocycles. The zero-order valence-electron chi connectivity index (χ0n) is 10.5. The predicted molar refractivity (Wildman–Crippen MR) is 63.7 cm³/mol. The van der Waals surface area contributed by atoms with Crippen LogP contribution in [0.4, 0.5) is 0 Å². The van der Waals surface area contributed by atoms with E-state index >= 15 is 0 Å². The highest BCUT2D eigenvalue weighted by Crippen LogP contribution is 2.25. The van der Waals surface area contributed by atoms with Crippen molar-refractivity contribution in [1.29, 1.82) is 0 Å². The maximum absolute atomic E-state index is 11.0. The van der Waals surface area contributed by atoms with Crippen molar-refractivity contribution in [3.63, 3.8) is 0 Å². The van der Waals surface area contributed by atoms with E-state index in [1.54, 1.807) is 0 Å². The summed E-state index contributed by atoms with van der Waals surface area (Å²) in [5.41, 5.74) is 2.06. The van der Waals surface area contributed by atoms with Gasteiger partial charge in [0, 0.05) is 19.0 Å². The standard InChI is InChI=1S/C12H19N3O2/c1-7(2)5-15-6-13-9-4-10(12(16)17)14-8(3)11(9)15/h6-8,10,14H,4-5H2,1-3H3,(H,16,17). The Hall–Kier alpha value is -1.36. The Balaban J connectivity index is 2.27. The van der Waals surface area contributed by atoms with E-state index in [1.807, 2.05) is 13.3 Å². The first-order chi connectivity index (χ1) is 7.99. The van der Waals surface area contributed by atoms with Gasteiger partial charge in [0.25, 0.3) is 0 Å². The molecule has 2 N–H and O–H groups in total. The number of imidazole rings is 1. The second-order valence-electron chi connectivity index (χ2n) is 5.11. The number of nitrogens with one attached hydrogen (secondary N) is 1. The quantitative estimate of drug-likeness (QED) is 0.829. The van der Waals surface area contributed by atoms with Crippen molar-refractivity contribution < 1.29 is 9.90 Å². The number of aromatic nitrogens is 2. The number of carboxylic acid groups (broad SMARTS) is 1. The van der Waals surface area contributed by atoms with Crippen molar-refractivity contribution in [2.24, 2.45) is 5.92 Å². The second-order valence-corrected chi connectivity index (χ2v) is 5.11. The van der Waals surface area contributed by atoms with Gasteiger partial charge in [-0.25, -0.2) is 4.98 Å². The van der Waals surface area contributed by atoms with Gasteiger partial charge in [-0.15, -0.1) is 0 Å². The number of nitrogens with zero attached hydrogens (tertiary/aromatic N) is 2. The largest absolute Gasteiger partial charge is 0.480 e. The first-order valence-corrected chi connectivity index (χ1v) is 6.01. The zero-order valence-corrected chi connectivity index (χ0v) is 10.5. The molecule has 1 aromatic heterocycles. The molecular formula is C12H19N3O2. The van der Waals surface area contributed by atoms with Crippen LogP contribution >= 0.6 is 0 Å². The van der Waals surface area contributed by atoms with Gasteiger partial charge >= 0.3 is 5.97 Å². The fourth-order valence-electron chi connectivity index (χ4n) is 2.42. The summed E-state index contributed by atoms with van der Waals surface area (Å²) >= 11 is 0. The molecule has 0 spiro atoms. The predicted octanol–water partition coefficient (Wildman–Crippen LogP) is 1.20. The third-order valence-corrected chi connectivity index (χ3v) is 3.08. The van der Waals surface area contributed by atoms with Crippen LogP contribution in [0.1, 0.15) is 38.2 Å². The summed E-state index contributed by atoms with van der Waals surface area (Å²) in [4.78, 5) is 15.3. The highest BCUT2D eigenvalue weighted by atomic mass is 16.4.